The highest BCUT2D eigenvalue weighted by Crippen LogP contribution is 2.24. The standard InChI is InChI=1S/C17H25NO4/c1-11(16(20)21)10-18-15(19)12(2)22-14-8-6-13(7-9-14)17(3,4)5/h6-9,11-12H,10H2,1-5H3,(H,18,19)(H,20,21). The molecule has 0 saturated heterocycles. The van der Waals surface area contributed by atoms with E-state index >= 15 is 0 Å². The first-order chi connectivity index (χ1) is 10.1. The Hall–Kier alpha value is -2.04. The van der Waals surface area contributed by atoms with E-state index in [2.05, 4.69) is 26.1 Å². The normalized spacial score (nSPS) is 14.0. The highest BCUT2D eigenvalue weighted by molar-refractivity contribution is 5.81. The Labute approximate surface area is 131 Å². The summed E-state index contributed by atoms with van der Waals surface area (Å²) in [6, 6.07) is 7.63. The summed E-state index contributed by atoms with van der Waals surface area (Å²) in [5.41, 5.74) is 1.25. The Balaban J connectivity index is 2.55. The minimum absolute atomic E-state index is 0.0640. The van der Waals surface area contributed by atoms with E-state index in [1.165, 1.54) is 5.56 Å². The van der Waals surface area contributed by atoms with Crippen LogP contribution in [0.3, 0.4) is 0 Å². The molecule has 5 nitrogen and oxygen atoms in total. The van der Waals surface area contributed by atoms with Gasteiger partial charge in [0.2, 0.25) is 0 Å². The second kappa shape index (κ2) is 7.29. The number of aliphatic carboxylic acids is 1. The van der Waals surface area contributed by atoms with Crippen LogP contribution in [0.2, 0.25) is 0 Å². The molecule has 0 bridgehead atoms. The summed E-state index contributed by atoms with van der Waals surface area (Å²) in [6.45, 7) is 9.65. The van der Waals surface area contributed by atoms with Crippen LogP contribution in [0, 0.1) is 5.92 Å². The smallest absolute Gasteiger partial charge is 0.308 e. The summed E-state index contributed by atoms with van der Waals surface area (Å²) in [4.78, 5) is 22.6. The zero-order valence-corrected chi connectivity index (χ0v) is 13.8. The van der Waals surface area contributed by atoms with Gasteiger partial charge in [-0.05, 0) is 30.0 Å². The maximum Gasteiger partial charge on any atom is 0.308 e. The summed E-state index contributed by atoms with van der Waals surface area (Å²) in [6.07, 6.45) is -0.679. The molecule has 5 heteroatoms. The van der Waals surface area contributed by atoms with Crippen LogP contribution < -0.4 is 10.1 Å². The van der Waals surface area contributed by atoms with Crippen molar-refractivity contribution in [3.05, 3.63) is 29.8 Å². The minimum Gasteiger partial charge on any atom is -0.481 e. The van der Waals surface area contributed by atoms with Crippen LogP contribution in [0.5, 0.6) is 5.75 Å². The number of nitrogens with one attached hydrogen (secondary N) is 1. The van der Waals surface area contributed by atoms with Crippen molar-refractivity contribution in [2.24, 2.45) is 5.92 Å². The lowest BCUT2D eigenvalue weighted by Crippen LogP contribution is -2.39. The third-order valence-electron chi connectivity index (χ3n) is 3.41. The van der Waals surface area contributed by atoms with Crippen LogP contribution in [0.15, 0.2) is 24.3 Å². The van der Waals surface area contributed by atoms with Crippen molar-refractivity contribution in [1.82, 2.24) is 5.32 Å². The summed E-state index contributed by atoms with van der Waals surface area (Å²) >= 11 is 0. The number of carbonyl (C=O) groups is 2. The Kier molecular flexibility index (Phi) is 5.97. The fourth-order valence-electron chi connectivity index (χ4n) is 1.78. The number of hydrogen-bond donors (Lipinski definition) is 2. The zero-order chi connectivity index (χ0) is 16.9. The highest BCUT2D eigenvalue weighted by atomic mass is 16.5. The molecule has 0 saturated carbocycles. The van der Waals surface area contributed by atoms with Gasteiger partial charge in [-0.1, -0.05) is 39.8 Å². The van der Waals surface area contributed by atoms with Crippen molar-refractivity contribution >= 4 is 11.9 Å². The van der Waals surface area contributed by atoms with Crippen LogP contribution in [0.4, 0.5) is 0 Å². The molecule has 1 amide bonds. The third-order valence-corrected chi connectivity index (χ3v) is 3.41. The van der Waals surface area contributed by atoms with Gasteiger partial charge >= 0.3 is 5.97 Å². The zero-order valence-electron chi connectivity index (χ0n) is 13.8. The number of hydrogen-bond acceptors (Lipinski definition) is 3. The number of rotatable bonds is 6. The van der Waals surface area contributed by atoms with Crippen molar-refractivity contribution in [2.45, 2.75) is 46.1 Å². The molecule has 2 unspecified atom stereocenters. The van der Waals surface area contributed by atoms with E-state index in [0.717, 1.165) is 0 Å². The molecule has 0 heterocycles. The monoisotopic (exact) mass is 307 g/mol. The lowest BCUT2D eigenvalue weighted by atomic mass is 9.87. The second-order valence-corrected chi connectivity index (χ2v) is 6.52. The van der Waals surface area contributed by atoms with E-state index in [1.807, 2.05) is 24.3 Å². The first-order valence-electron chi connectivity index (χ1n) is 7.39. The van der Waals surface area contributed by atoms with E-state index in [4.69, 9.17) is 9.84 Å². The van der Waals surface area contributed by atoms with Crippen LogP contribution in [-0.2, 0) is 15.0 Å². The van der Waals surface area contributed by atoms with Gasteiger partial charge in [0.05, 0.1) is 5.92 Å². The molecule has 1 aromatic rings. The van der Waals surface area contributed by atoms with Crippen molar-refractivity contribution in [1.29, 1.82) is 0 Å². The van der Waals surface area contributed by atoms with Crippen molar-refractivity contribution in [3.8, 4) is 5.75 Å². The van der Waals surface area contributed by atoms with E-state index < -0.39 is 18.0 Å². The van der Waals surface area contributed by atoms with E-state index in [0.29, 0.717) is 5.75 Å². The van der Waals surface area contributed by atoms with Gasteiger partial charge in [-0.2, -0.15) is 0 Å². The fourth-order valence-corrected chi connectivity index (χ4v) is 1.78. The van der Waals surface area contributed by atoms with Crippen LogP contribution in [0.1, 0.15) is 40.2 Å². The Morgan fingerprint density at radius 2 is 1.73 bits per heavy atom. The molecule has 0 aliphatic rings. The lowest BCUT2D eigenvalue weighted by molar-refractivity contribution is -0.141. The van der Waals surface area contributed by atoms with Gasteiger partial charge in [-0.15, -0.1) is 0 Å². The van der Waals surface area contributed by atoms with E-state index in [1.54, 1.807) is 13.8 Å². The maximum atomic E-state index is 11.9. The molecule has 22 heavy (non-hydrogen) atoms. The number of benzene rings is 1. The summed E-state index contributed by atoms with van der Waals surface area (Å²) in [5.74, 6) is -1.27. The largest absolute Gasteiger partial charge is 0.481 e. The summed E-state index contributed by atoms with van der Waals surface area (Å²) < 4.78 is 5.58. The van der Waals surface area contributed by atoms with E-state index in [-0.39, 0.29) is 17.9 Å². The Bertz CT molecular complexity index is 516. The SMILES string of the molecule is CC(CNC(=O)C(C)Oc1ccc(C(C)(C)C)cc1)C(=O)O. The van der Waals surface area contributed by atoms with Gasteiger partial charge in [-0.25, -0.2) is 0 Å². The van der Waals surface area contributed by atoms with Crippen LogP contribution >= 0.6 is 0 Å². The van der Waals surface area contributed by atoms with Crippen LogP contribution in [0.25, 0.3) is 0 Å². The number of carboxylic acid groups (broad SMARTS) is 1. The lowest BCUT2D eigenvalue weighted by Gasteiger charge is -2.20. The minimum atomic E-state index is -0.938. The molecule has 0 fully saturated rings. The van der Waals surface area contributed by atoms with Crippen molar-refractivity contribution in [3.63, 3.8) is 0 Å². The fraction of sp³-hybridized carbons (Fsp3) is 0.529. The average molecular weight is 307 g/mol. The molecular weight excluding hydrogens is 282 g/mol. The maximum absolute atomic E-state index is 11.9. The second-order valence-electron chi connectivity index (χ2n) is 6.52. The number of carbonyl (C=O) groups excluding carboxylic acids is 1. The predicted molar refractivity (Wildman–Crippen MR) is 85.0 cm³/mol. The topological polar surface area (TPSA) is 75.6 Å². The predicted octanol–water partition coefficient (Wildman–Crippen LogP) is 2.59. The van der Waals surface area contributed by atoms with Gasteiger partial charge in [0, 0.05) is 6.54 Å². The summed E-state index contributed by atoms with van der Waals surface area (Å²) in [7, 11) is 0. The third kappa shape index (κ3) is 5.39. The quantitative estimate of drug-likeness (QED) is 0.847. The van der Waals surface area contributed by atoms with Crippen LogP contribution in [-0.4, -0.2) is 29.6 Å². The molecular formula is C17H25NO4. The van der Waals surface area contributed by atoms with E-state index in [9.17, 15) is 9.59 Å². The number of carboxylic acids is 1. The van der Waals surface area contributed by atoms with Crippen molar-refractivity contribution in [2.75, 3.05) is 6.54 Å². The number of amides is 1. The first-order valence-corrected chi connectivity index (χ1v) is 7.39. The molecule has 0 radical (unpaired) electrons. The number of ether oxygens (including phenoxy) is 1. The Morgan fingerprint density at radius 3 is 2.18 bits per heavy atom. The van der Waals surface area contributed by atoms with Gasteiger partial charge < -0.3 is 15.2 Å². The Morgan fingerprint density at radius 1 is 1.18 bits per heavy atom. The first kappa shape index (κ1) is 18.0. The van der Waals surface area contributed by atoms with Gasteiger partial charge in [-0.3, -0.25) is 9.59 Å². The molecule has 0 aliphatic heterocycles. The molecule has 0 spiro atoms. The highest BCUT2D eigenvalue weighted by Gasteiger charge is 2.18. The molecule has 122 valence electrons. The molecule has 0 aliphatic carbocycles. The summed E-state index contributed by atoms with van der Waals surface area (Å²) in [5, 5.41) is 11.4. The molecule has 0 aromatic heterocycles. The molecule has 2 atom stereocenters. The average Bonchev–Trinajstić information content (AvgIpc) is 2.43. The van der Waals surface area contributed by atoms with Gasteiger partial charge in [0.1, 0.15) is 5.75 Å². The molecule has 1 aromatic carbocycles. The molecule has 2 N–H and O–H groups in total. The van der Waals surface area contributed by atoms with Gasteiger partial charge in [0.15, 0.2) is 6.10 Å². The molecule has 1 rings (SSSR count). The van der Waals surface area contributed by atoms with Gasteiger partial charge in [0.25, 0.3) is 5.91 Å². The van der Waals surface area contributed by atoms with Crippen molar-refractivity contribution < 1.29 is 19.4 Å².